The van der Waals surface area contributed by atoms with Gasteiger partial charge in [-0.05, 0) is 30.5 Å². The Balaban J connectivity index is 2.03. The Morgan fingerprint density at radius 3 is 2.53 bits per heavy atom. The van der Waals surface area contributed by atoms with Crippen molar-refractivity contribution >= 4 is 11.8 Å². The van der Waals surface area contributed by atoms with Crippen LogP contribution < -0.4 is 5.73 Å². The van der Waals surface area contributed by atoms with E-state index >= 15 is 0 Å². The molecule has 17 heavy (non-hydrogen) atoms. The van der Waals surface area contributed by atoms with Crippen LogP contribution in [0.2, 0.25) is 0 Å². The fourth-order valence-corrected chi connectivity index (χ4v) is 2.80. The maximum Gasteiger partial charge on any atom is 0.107 e. The molecule has 2 N–H and O–H groups in total. The highest BCUT2D eigenvalue weighted by molar-refractivity contribution is 8.00. The highest BCUT2D eigenvalue weighted by Crippen LogP contribution is 2.39. The second kappa shape index (κ2) is 5.85. The van der Waals surface area contributed by atoms with E-state index in [2.05, 4.69) is 12.1 Å². The van der Waals surface area contributed by atoms with E-state index in [1.165, 1.54) is 17.7 Å². The number of alkyl halides is 1. The van der Waals surface area contributed by atoms with E-state index in [-0.39, 0.29) is 6.10 Å². The van der Waals surface area contributed by atoms with Crippen LogP contribution in [-0.2, 0) is 4.74 Å². The third-order valence-corrected chi connectivity index (χ3v) is 4.21. The zero-order valence-electron chi connectivity index (χ0n) is 9.93. The molecule has 0 aromatic heterocycles. The largest absolute Gasteiger partial charge is 0.375 e. The highest BCUT2D eigenvalue weighted by atomic mass is 32.2. The van der Waals surface area contributed by atoms with Crippen LogP contribution in [0.25, 0.3) is 0 Å². The lowest BCUT2D eigenvalue weighted by Gasteiger charge is -2.20. The molecular formula is C13H18FNOS. The smallest absolute Gasteiger partial charge is 0.107 e. The summed E-state index contributed by atoms with van der Waals surface area (Å²) in [5, 5.41) is 0.798. The Hall–Kier alpha value is -0.580. The minimum atomic E-state index is -0.595. The molecule has 2 rings (SSSR count). The van der Waals surface area contributed by atoms with Crippen molar-refractivity contribution in [1.82, 2.24) is 0 Å². The Kier molecular flexibility index (Phi) is 4.42. The molecule has 2 nitrogen and oxygen atoms in total. The predicted octanol–water partition coefficient (Wildman–Crippen LogP) is 2.93. The van der Waals surface area contributed by atoms with Crippen molar-refractivity contribution in [1.29, 1.82) is 0 Å². The molecule has 4 heteroatoms. The Morgan fingerprint density at radius 2 is 2.06 bits per heavy atom. The van der Waals surface area contributed by atoms with Gasteiger partial charge in [-0.25, -0.2) is 4.39 Å². The summed E-state index contributed by atoms with van der Waals surface area (Å²) in [7, 11) is 1.56. The average molecular weight is 255 g/mol. The topological polar surface area (TPSA) is 35.2 Å². The van der Waals surface area contributed by atoms with Gasteiger partial charge in [-0.2, -0.15) is 0 Å². The van der Waals surface area contributed by atoms with E-state index in [1.807, 2.05) is 23.9 Å². The van der Waals surface area contributed by atoms with Crippen LogP contribution in [0.5, 0.6) is 0 Å². The first-order valence-corrected chi connectivity index (χ1v) is 6.73. The van der Waals surface area contributed by atoms with Crippen molar-refractivity contribution in [2.75, 3.05) is 13.8 Å². The number of hydrogen-bond donors (Lipinski definition) is 1. The van der Waals surface area contributed by atoms with E-state index in [0.717, 1.165) is 10.8 Å². The van der Waals surface area contributed by atoms with Crippen molar-refractivity contribution in [2.24, 2.45) is 5.73 Å². The lowest BCUT2D eigenvalue weighted by Crippen LogP contribution is -2.31. The first-order chi connectivity index (χ1) is 8.24. The summed E-state index contributed by atoms with van der Waals surface area (Å²) in [6.45, 7) is -0.572. The van der Waals surface area contributed by atoms with Gasteiger partial charge in [0.15, 0.2) is 0 Å². The lowest BCUT2D eigenvalue weighted by atomic mass is 10.0. The maximum absolute atomic E-state index is 12.6. The molecule has 0 heterocycles. The number of benzene rings is 1. The molecule has 0 aliphatic heterocycles. The quantitative estimate of drug-likeness (QED) is 0.849. The van der Waals surface area contributed by atoms with Gasteiger partial charge < -0.3 is 10.5 Å². The SMILES string of the molecule is COC(c1ccc(SC2CC2)cc1)C(N)CF. The highest BCUT2D eigenvalue weighted by Gasteiger charge is 2.23. The first-order valence-electron chi connectivity index (χ1n) is 5.85. The van der Waals surface area contributed by atoms with Crippen molar-refractivity contribution < 1.29 is 9.13 Å². The van der Waals surface area contributed by atoms with Gasteiger partial charge in [0, 0.05) is 17.3 Å². The number of rotatable bonds is 6. The summed E-state index contributed by atoms with van der Waals surface area (Å²) in [5.41, 5.74) is 6.63. The summed E-state index contributed by atoms with van der Waals surface area (Å²) in [6.07, 6.45) is 2.28. The van der Waals surface area contributed by atoms with Gasteiger partial charge >= 0.3 is 0 Å². The minimum Gasteiger partial charge on any atom is -0.375 e. The molecule has 1 aliphatic carbocycles. The summed E-state index contributed by atoms with van der Waals surface area (Å²) in [4.78, 5) is 1.26. The van der Waals surface area contributed by atoms with Crippen LogP contribution in [0.4, 0.5) is 4.39 Å². The van der Waals surface area contributed by atoms with Crippen LogP contribution in [0.15, 0.2) is 29.2 Å². The van der Waals surface area contributed by atoms with E-state index in [4.69, 9.17) is 10.5 Å². The zero-order valence-corrected chi connectivity index (χ0v) is 10.8. The molecule has 1 aliphatic rings. The van der Waals surface area contributed by atoms with Crippen LogP contribution in [0.1, 0.15) is 24.5 Å². The summed E-state index contributed by atoms with van der Waals surface area (Å²) in [5.74, 6) is 0. The molecule has 1 saturated carbocycles. The Morgan fingerprint density at radius 1 is 1.41 bits per heavy atom. The molecule has 0 bridgehead atoms. The average Bonchev–Trinajstić information content (AvgIpc) is 3.16. The van der Waals surface area contributed by atoms with Crippen LogP contribution in [0.3, 0.4) is 0 Å². The second-order valence-corrected chi connectivity index (χ2v) is 5.73. The van der Waals surface area contributed by atoms with Crippen molar-refractivity contribution in [3.63, 3.8) is 0 Å². The van der Waals surface area contributed by atoms with Crippen LogP contribution >= 0.6 is 11.8 Å². The molecule has 2 unspecified atom stereocenters. The molecular weight excluding hydrogens is 237 g/mol. The summed E-state index contributed by atoms with van der Waals surface area (Å²) in [6, 6.07) is 7.50. The van der Waals surface area contributed by atoms with E-state index in [9.17, 15) is 4.39 Å². The number of ether oxygens (including phenoxy) is 1. The third-order valence-electron chi connectivity index (χ3n) is 2.86. The van der Waals surface area contributed by atoms with Gasteiger partial charge in [-0.15, -0.1) is 11.8 Å². The molecule has 1 aromatic rings. The van der Waals surface area contributed by atoms with Gasteiger partial charge in [0.05, 0.1) is 12.1 Å². The number of thioether (sulfide) groups is 1. The van der Waals surface area contributed by atoms with Crippen LogP contribution in [-0.4, -0.2) is 25.1 Å². The van der Waals surface area contributed by atoms with E-state index in [0.29, 0.717) is 0 Å². The number of hydrogen-bond acceptors (Lipinski definition) is 3. The molecule has 0 spiro atoms. The third kappa shape index (κ3) is 3.44. The Bertz CT molecular complexity index is 353. The van der Waals surface area contributed by atoms with E-state index in [1.54, 1.807) is 7.11 Å². The molecule has 2 atom stereocenters. The normalized spacial score (nSPS) is 19.0. The lowest BCUT2D eigenvalue weighted by molar-refractivity contribution is 0.0720. The monoisotopic (exact) mass is 255 g/mol. The van der Waals surface area contributed by atoms with Crippen molar-refractivity contribution in [2.45, 2.75) is 35.1 Å². The number of halogens is 1. The zero-order chi connectivity index (χ0) is 12.3. The first kappa shape index (κ1) is 12.9. The molecule has 1 fully saturated rings. The predicted molar refractivity (Wildman–Crippen MR) is 69.0 cm³/mol. The van der Waals surface area contributed by atoms with Crippen LogP contribution in [0, 0.1) is 0 Å². The van der Waals surface area contributed by atoms with Gasteiger partial charge in [-0.3, -0.25) is 0 Å². The molecule has 0 amide bonds. The van der Waals surface area contributed by atoms with Gasteiger partial charge in [0.1, 0.15) is 6.67 Å². The van der Waals surface area contributed by atoms with Gasteiger partial charge in [0.25, 0.3) is 0 Å². The maximum atomic E-state index is 12.6. The Labute approximate surface area is 106 Å². The van der Waals surface area contributed by atoms with Gasteiger partial charge in [-0.1, -0.05) is 12.1 Å². The fourth-order valence-electron chi connectivity index (χ4n) is 1.75. The molecule has 0 saturated heterocycles. The van der Waals surface area contributed by atoms with Gasteiger partial charge in [0.2, 0.25) is 0 Å². The summed E-state index contributed by atoms with van der Waals surface area (Å²) >= 11 is 1.91. The summed E-state index contributed by atoms with van der Waals surface area (Å²) < 4.78 is 17.8. The number of methoxy groups -OCH3 is 1. The van der Waals surface area contributed by atoms with Crippen molar-refractivity contribution in [3.8, 4) is 0 Å². The fraction of sp³-hybridized carbons (Fsp3) is 0.538. The minimum absolute atomic E-state index is 0.361. The standard InChI is InChI=1S/C13H18FNOS/c1-16-13(12(15)8-14)9-2-4-10(5-3-9)17-11-6-7-11/h2-5,11-13H,6-8,15H2,1H3. The molecule has 1 aromatic carbocycles. The second-order valence-electron chi connectivity index (χ2n) is 4.36. The van der Waals surface area contributed by atoms with E-state index < -0.39 is 12.7 Å². The molecule has 94 valence electrons. The molecule has 0 radical (unpaired) electrons. The van der Waals surface area contributed by atoms with Crippen molar-refractivity contribution in [3.05, 3.63) is 29.8 Å². The number of nitrogens with two attached hydrogens (primary N) is 1.